The Morgan fingerprint density at radius 1 is 1.07 bits per heavy atom. The summed E-state index contributed by atoms with van der Waals surface area (Å²) in [5.41, 5.74) is 1.53. The van der Waals surface area contributed by atoms with E-state index in [4.69, 9.17) is 4.43 Å². The zero-order valence-corrected chi connectivity index (χ0v) is 12.0. The van der Waals surface area contributed by atoms with Gasteiger partial charge in [-0.25, -0.2) is 0 Å². The quantitative estimate of drug-likeness (QED) is 0.483. The van der Waals surface area contributed by atoms with Gasteiger partial charge in [0.1, 0.15) is 0 Å². The maximum atomic E-state index is 6.11. The second-order valence-electron chi connectivity index (χ2n) is 6.21. The summed E-state index contributed by atoms with van der Waals surface area (Å²) < 4.78 is 6.11. The van der Waals surface area contributed by atoms with E-state index in [-0.39, 0.29) is 0 Å². The molecule has 0 aromatic carbocycles. The van der Waals surface area contributed by atoms with Crippen molar-refractivity contribution < 1.29 is 4.43 Å². The Hall–Kier alpha value is -0.243. The van der Waals surface area contributed by atoms with Crippen LogP contribution in [0.15, 0.2) is 11.8 Å². The molecule has 0 bridgehead atoms. The largest absolute Gasteiger partial charge is 0.549 e. The van der Waals surface area contributed by atoms with E-state index >= 15 is 0 Å². The molecule has 0 atom stereocenters. The molecule has 15 heavy (non-hydrogen) atoms. The van der Waals surface area contributed by atoms with E-state index in [0.717, 1.165) is 0 Å². The zero-order valence-electron chi connectivity index (χ0n) is 11.0. The summed E-state index contributed by atoms with van der Waals surface area (Å²) in [6.07, 6.45) is 8.72. The molecule has 1 fully saturated rings. The van der Waals surface area contributed by atoms with Crippen LogP contribution in [0.25, 0.3) is 0 Å². The number of hydrogen-bond acceptors (Lipinski definition) is 1. The Morgan fingerprint density at radius 3 is 2.07 bits per heavy atom. The van der Waals surface area contributed by atoms with Crippen molar-refractivity contribution in [3.63, 3.8) is 0 Å². The fourth-order valence-corrected chi connectivity index (χ4v) is 2.35. The van der Waals surface area contributed by atoms with Crippen molar-refractivity contribution in [1.29, 1.82) is 0 Å². The first-order valence-electron chi connectivity index (χ1n) is 6.19. The van der Waals surface area contributed by atoms with Crippen LogP contribution in [-0.2, 0) is 4.43 Å². The van der Waals surface area contributed by atoms with Crippen LogP contribution >= 0.6 is 0 Å². The molecule has 88 valence electrons. The third kappa shape index (κ3) is 3.67. The molecule has 0 unspecified atom stereocenters. The van der Waals surface area contributed by atoms with Crippen LogP contribution in [0.2, 0.25) is 18.1 Å². The lowest BCUT2D eigenvalue weighted by molar-refractivity contribution is 0.416. The molecule has 1 saturated carbocycles. The summed E-state index contributed by atoms with van der Waals surface area (Å²) in [5.74, 6) is 0. The van der Waals surface area contributed by atoms with Crippen LogP contribution in [0.1, 0.15) is 52.9 Å². The molecule has 0 heterocycles. The van der Waals surface area contributed by atoms with Gasteiger partial charge in [0.05, 0.1) is 6.26 Å². The van der Waals surface area contributed by atoms with E-state index in [1.54, 1.807) is 0 Å². The molecule has 0 amide bonds. The fourth-order valence-electron chi connectivity index (χ4n) is 1.53. The Morgan fingerprint density at radius 2 is 1.60 bits per heavy atom. The van der Waals surface area contributed by atoms with Gasteiger partial charge in [0.15, 0.2) is 0 Å². The lowest BCUT2D eigenvalue weighted by Gasteiger charge is -2.35. The molecular formula is C13H26OSi. The lowest BCUT2D eigenvalue weighted by Crippen LogP contribution is -2.39. The molecule has 0 radical (unpaired) electrons. The average molecular weight is 226 g/mol. The molecule has 1 nitrogen and oxygen atoms in total. The first-order valence-corrected chi connectivity index (χ1v) is 9.09. The highest BCUT2D eigenvalue weighted by molar-refractivity contribution is 6.74. The minimum atomic E-state index is -1.57. The molecule has 0 saturated heterocycles. The van der Waals surface area contributed by atoms with Crippen molar-refractivity contribution in [1.82, 2.24) is 0 Å². The molecule has 0 spiro atoms. The molecule has 0 aliphatic heterocycles. The van der Waals surface area contributed by atoms with Gasteiger partial charge >= 0.3 is 0 Å². The van der Waals surface area contributed by atoms with E-state index < -0.39 is 8.32 Å². The summed E-state index contributed by atoms with van der Waals surface area (Å²) in [7, 11) is -1.57. The van der Waals surface area contributed by atoms with Gasteiger partial charge in [0, 0.05) is 0 Å². The third-order valence-electron chi connectivity index (χ3n) is 3.82. The molecule has 1 aliphatic carbocycles. The van der Waals surface area contributed by atoms with Crippen molar-refractivity contribution in [3.8, 4) is 0 Å². The zero-order chi connectivity index (χ0) is 11.5. The first-order chi connectivity index (χ1) is 6.83. The number of hydrogen-bond donors (Lipinski definition) is 0. The highest BCUT2D eigenvalue weighted by Crippen LogP contribution is 2.37. The number of rotatable bonds is 2. The van der Waals surface area contributed by atoms with Gasteiger partial charge in [-0.2, -0.15) is 0 Å². The standard InChI is InChI=1S/C13H26OSi/c1-13(2,3)15(4,5)14-11-12-9-7-6-8-10-12/h11H,6-10H2,1-5H3. The molecule has 1 aliphatic rings. The highest BCUT2D eigenvalue weighted by Gasteiger charge is 2.38. The van der Waals surface area contributed by atoms with Crippen molar-refractivity contribution in [2.75, 3.05) is 0 Å². The monoisotopic (exact) mass is 226 g/mol. The smallest absolute Gasteiger partial charge is 0.249 e. The molecular weight excluding hydrogens is 200 g/mol. The van der Waals surface area contributed by atoms with Crippen molar-refractivity contribution in [2.24, 2.45) is 0 Å². The minimum absolute atomic E-state index is 0.318. The predicted molar refractivity (Wildman–Crippen MR) is 69.5 cm³/mol. The van der Waals surface area contributed by atoms with Crippen LogP contribution in [-0.4, -0.2) is 8.32 Å². The predicted octanol–water partition coefficient (Wildman–Crippen LogP) is 4.86. The maximum Gasteiger partial charge on any atom is 0.249 e. The van der Waals surface area contributed by atoms with Crippen LogP contribution in [0.4, 0.5) is 0 Å². The second-order valence-corrected chi connectivity index (χ2v) is 11.0. The molecule has 0 aromatic heterocycles. The van der Waals surface area contributed by atoms with Gasteiger partial charge in [0.25, 0.3) is 0 Å². The molecule has 2 heteroatoms. The average Bonchev–Trinajstić information content (AvgIpc) is 2.15. The van der Waals surface area contributed by atoms with E-state index in [2.05, 4.69) is 40.1 Å². The van der Waals surface area contributed by atoms with E-state index in [1.807, 2.05) is 0 Å². The molecule has 0 N–H and O–H groups in total. The van der Waals surface area contributed by atoms with Crippen LogP contribution in [0.3, 0.4) is 0 Å². The van der Waals surface area contributed by atoms with Gasteiger partial charge in [0.2, 0.25) is 8.32 Å². The van der Waals surface area contributed by atoms with Crippen LogP contribution < -0.4 is 0 Å². The van der Waals surface area contributed by atoms with Crippen molar-refractivity contribution in [2.45, 2.75) is 71.0 Å². The van der Waals surface area contributed by atoms with Gasteiger partial charge in [-0.1, -0.05) is 27.2 Å². The second kappa shape index (κ2) is 4.73. The summed E-state index contributed by atoms with van der Waals surface area (Å²) in [4.78, 5) is 0. The normalized spacial score (nSPS) is 18.9. The van der Waals surface area contributed by atoms with Gasteiger partial charge in [-0.05, 0) is 49.4 Å². The topological polar surface area (TPSA) is 9.23 Å². The summed E-state index contributed by atoms with van der Waals surface area (Å²) in [6.45, 7) is 11.5. The van der Waals surface area contributed by atoms with Crippen molar-refractivity contribution >= 4 is 8.32 Å². The van der Waals surface area contributed by atoms with Gasteiger partial charge in [-0.15, -0.1) is 0 Å². The Kier molecular flexibility index (Phi) is 4.04. The van der Waals surface area contributed by atoms with Gasteiger partial charge < -0.3 is 4.43 Å². The van der Waals surface area contributed by atoms with E-state index in [0.29, 0.717) is 5.04 Å². The highest BCUT2D eigenvalue weighted by atomic mass is 28.4. The van der Waals surface area contributed by atoms with Crippen molar-refractivity contribution in [3.05, 3.63) is 11.8 Å². The molecule has 0 aromatic rings. The van der Waals surface area contributed by atoms with Gasteiger partial charge in [-0.3, -0.25) is 0 Å². The lowest BCUT2D eigenvalue weighted by atomic mass is 9.96. The van der Waals surface area contributed by atoms with Crippen LogP contribution in [0, 0.1) is 0 Å². The SMILES string of the molecule is CC(C)(C)[Si](C)(C)OC=C1CCCCC1. The third-order valence-corrected chi connectivity index (χ3v) is 8.14. The Labute approximate surface area is 96.0 Å². The summed E-state index contributed by atoms with van der Waals surface area (Å²) in [5, 5.41) is 0.318. The first kappa shape index (κ1) is 12.8. The minimum Gasteiger partial charge on any atom is -0.549 e. The van der Waals surface area contributed by atoms with Crippen LogP contribution in [0.5, 0.6) is 0 Å². The van der Waals surface area contributed by atoms with E-state index in [1.165, 1.54) is 37.7 Å². The maximum absolute atomic E-state index is 6.11. The number of allylic oxidation sites excluding steroid dienone is 1. The Bertz CT molecular complexity index is 227. The van der Waals surface area contributed by atoms with E-state index in [9.17, 15) is 0 Å². The molecule has 1 rings (SSSR count). The fraction of sp³-hybridized carbons (Fsp3) is 0.846. The Balaban J connectivity index is 2.54. The summed E-state index contributed by atoms with van der Waals surface area (Å²) >= 11 is 0. The summed E-state index contributed by atoms with van der Waals surface area (Å²) in [6, 6.07) is 0.